The summed E-state index contributed by atoms with van der Waals surface area (Å²) in [6.07, 6.45) is -0.323. The van der Waals surface area contributed by atoms with Crippen molar-refractivity contribution >= 4 is 5.82 Å². The van der Waals surface area contributed by atoms with E-state index in [0.717, 1.165) is 18.9 Å². The van der Waals surface area contributed by atoms with Crippen molar-refractivity contribution in [3.63, 3.8) is 0 Å². The summed E-state index contributed by atoms with van der Waals surface area (Å²) in [4.78, 5) is 8.44. The minimum Gasteiger partial charge on any atom is -0.478 e. The summed E-state index contributed by atoms with van der Waals surface area (Å²) in [5.74, 6) is 2.02. The highest BCUT2D eigenvalue weighted by Crippen LogP contribution is 2.12. The maximum Gasteiger partial charge on any atom is 0.218 e. The predicted molar refractivity (Wildman–Crippen MR) is 71.0 cm³/mol. The normalized spacial score (nSPS) is 12.2. The summed E-state index contributed by atoms with van der Waals surface area (Å²) in [5, 5.41) is 15.4. The molecule has 18 heavy (non-hydrogen) atoms. The fourth-order valence-corrected chi connectivity index (χ4v) is 1.44. The first kappa shape index (κ1) is 14.7. The predicted octanol–water partition coefficient (Wildman–Crippen LogP) is 0.566. The van der Waals surface area contributed by atoms with Crippen LogP contribution in [-0.4, -0.2) is 47.4 Å². The molecular formula is C12H22N4O2. The van der Waals surface area contributed by atoms with E-state index < -0.39 is 0 Å². The Balaban J connectivity index is 2.37. The molecule has 0 aliphatic heterocycles. The second-order valence-electron chi connectivity index (χ2n) is 4.05. The average molecular weight is 254 g/mol. The minimum atomic E-state index is -0.323. The highest BCUT2D eigenvalue weighted by atomic mass is 16.5. The fraction of sp³-hybridized carbons (Fsp3) is 0.667. The zero-order chi connectivity index (χ0) is 13.4. The largest absolute Gasteiger partial charge is 0.478 e. The number of aliphatic hydroxyl groups excluding tert-OH is 1. The first-order valence-corrected chi connectivity index (χ1v) is 6.23. The third-order valence-electron chi connectivity index (χ3n) is 2.15. The Hall–Kier alpha value is -1.40. The molecule has 0 aromatic carbocycles. The molecule has 0 aliphatic rings. The number of hydrogen-bond acceptors (Lipinski definition) is 6. The van der Waals surface area contributed by atoms with E-state index in [9.17, 15) is 0 Å². The molecule has 0 amide bonds. The van der Waals surface area contributed by atoms with E-state index in [4.69, 9.17) is 9.84 Å². The van der Waals surface area contributed by atoms with Crippen LogP contribution in [0.15, 0.2) is 6.07 Å². The highest BCUT2D eigenvalue weighted by Gasteiger charge is 2.02. The summed E-state index contributed by atoms with van der Waals surface area (Å²) < 4.78 is 5.35. The molecule has 0 aliphatic carbocycles. The van der Waals surface area contributed by atoms with Crippen molar-refractivity contribution in [3.8, 4) is 5.88 Å². The maximum absolute atomic E-state index is 9.08. The molecule has 0 radical (unpaired) electrons. The summed E-state index contributed by atoms with van der Waals surface area (Å²) in [6, 6.07) is 1.78. The van der Waals surface area contributed by atoms with Crippen molar-refractivity contribution in [1.29, 1.82) is 0 Å². The molecule has 1 aromatic rings. The van der Waals surface area contributed by atoms with Crippen LogP contribution in [0, 0.1) is 6.92 Å². The van der Waals surface area contributed by atoms with Gasteiger partial charge in [-0.15, -0.1) is 0 Å². The fourth-order valence-electron chi connectivity index (χ4n) is 1.44. The van der Waals surface area contributed by atoms with Crippen LogP contribution in [0.4, 0.5) is 5.82 Å². The monoisotopic (exact) mass is 254 g/mol. The number of anilines is 1. The van der Waals surface area contributed by atoms with Crippen LogP contribution in [0.2, 0.25) is 0 Å². The van der Waals surface area contributed by atoms with Crippen molar-refractivity contribution in [1.82, 2.24) is 15.3 Å². The average Bonchev–Trinajstić information content (AvgIpc) is 2.28. The van der Waals surface area contributed by atoms with E-state index in [0.29, 0.717) is 24.9 Å². The SMILES string of the molecule is CCOc1cc(NCCNCC(C)O)nc(C)n1. The molecule has 0 saturated carbocycles. The van der Waals surface area contributed by atoms with E-state index in [1.807, 2.05) is 13.8 Å². The lowest BCUT2D eigenvalue weighted by atomic mass is 10.4. The number of hydrogen-bond donors (Lipinski definition) is 3. The smallest absolute Gasteiger partial charge is 0.218 e. The molecule has 6 nitrogen and oxygen atoms in total. The first-order chi connectivity index (χ1) is 8.61. The van der Waals surface area contributed by atoms with Gasteiger partial charge in [-0.1, -0.05) is 0 Å². The Morgan fingerprint density at radius 1 is 1.39 bits per heavy atom. The maximum atomic E-state index is 9.08. The highest BCUT2D eigenvalue weighted by molar-refractivity contribution is 5.38. The van der Waals surface area contributed by atoms with Gasteiger partial charge in [-0.25, -0.2) is 4.98 Å². The third kappa shape index (κ3) is 5.79. The van der Waals surface area contributed by atoms with Crippen molar-refractivity contribution in [2.24, 2.45) is 0 Å². The Morgan fingerprint density at radius 2 is 2.17 bits per heavy atom. The van der Waals surface area contributed by atoms with Gasteiger partial charge in [-0.05, 0) is 20.8 Å². The standard InChI is InChI=1S/C12H22N4O2/c1-4-18-12-7-11(15-10(3)16-12)14-6-5-13-8-9(2)17/h7,9,13,17H,4-6,8H2,1-3H3,(H,14,15,16). The molecule has 102 valence electrons. The molecule has 1 atom stereocenters. The third-order valence-corrected chi connectivity index (χ3v) is 2.15. The number of nitrogens with zero attached hydrogens (tertiary/aromatic N) is 2. The molecule has 1 unspecified atom stereocenters. The Kier molecular flexibility index (Phi) is 6.38. The second-order valence-corrected chi connectivity index (χ2v) is 4.05. The molecule has 0 spiro atoms. The van der Waals surface area contributed by atoms with Crippen molar-refractivity contribution in [2.45, 2.75) is 26.9 Å². The number of nitrogens with one attached hydrogen (secondary N) is 2. The zero-order valence-corrected chi connectivity index (χ0v) is 11.2. The van der Waals surface area contributed by atoms with Gasteiger partial charge in [0.2, 0.25) is 5.88 Å². The zero-order valence-electron chi connectivity index (χ0n) is 11.2. The molecule has 6 heteroatoms. The van der Waals surface area contributed by atoms with E-state index in [1.54, 1.807) is 13.0 Å². The molecule has 0 saturated heterocycles. The molecule has 0 fully saturated rings. The van der Waals surface area contributed by atoms with Gasteiger partial charge < -0.3 is 20.5 Å². The van der Waals surface area contributed by atoms with Crippen LogP contribution >= 0.6 is 0 Å². The number of aromatic nitrogens is 2. The van der Waals surface area contributed by atoms with Gasteiger partial charge in [0.15, 0.2) is 0 Å². The van der Waals surface area contributed by atoms with Crippen LogP contribution in [0.25, 0.3) is 0 Å². The molecular weight excluding hydrogens is 232 g/mol. The van der Waals surface area contributed by atoms with E-state index in [-0.39, 0.29) is 6.10 Å². The van der Waals surface area contributed by atoms with Crippen LogP contribution in [-0.2, 0) is 0 Å². The van der Waals surface area contributed by atoms with E-state index in [2.05, 4.69) is 20.6 Å². The van der Waals surface area contributed by atoms with Gasteiger partial charge in [0, 0.05) is 25.7 Å². The van der Waals surface area contributed by atoms with E-state index >= 15 is 0 Å². The molecule has 0 bridgehead atoms. The van der Waals surface area contributed by atoms with Crippen LogP contribution in [0.3, 0.4) is 0 Å². The second kappa shape index (κ2) is 7.84. The molecule has 3 N–H and O–H groups in total. The van der Waals surface area contributed by atoms with Crippen molar-refractivity contribution in [3.05, 3.63) is 11.9 Å². The van der Waals surface area contributed by atoms with E-state index in [1.165, 1.54) is 0 Å². The Labute approximate surface area is 108 Å². The lowest BCUT2D eigenvalue weighted by Crippen LogP contribution is -2.29. The Morgan fingerprint density at radius 3 is 2.83 bits per heavy atom. The number of aryl methyl sites for hydroxylation is 1. The number of aliphatic hydroxyl groups is 1. The van der Waals surface area contributed by atoms with Crippen LogP contribution in [0.5, 0.6) is 5.88 Å². The van der Waals surface area contributed by atoms with Crippen molar-refractivity contribution < 1.29 is 9.84 Å². The number of ether oxygens (including phenoxy) is 1. The van der Waals surface area contributed by atoms with Gasteiger partial charge >= 0.3 is 0 Å². The van der Waals surface area contributed by atoms with Gasteiger partial charge in [0.1, 0.15) is 11.6 Å². The first-order valence-electron chi connectivity index (χ1n) is 6.23. The van der Waals surface area contributed by atoms with Gasteiger partial charge in [0.25, 0.3) is 0 Å². The van der Waals surface area contributed by atoms with Crippen LogP contribution in [0.1, 0.15) is 19.7 Å². The molecule has 1 aromatic heterocycles. The van der Waals surface area contributed by atoms with Crippen LogP contribution < -0.4 is 15.4 Å². The topological polar surface area (TPSA) is 79.3 Å². The number of rotatable bonds is 8. The van der Waals surface area contributed by atoms with Gasteiger partial charge in [-0.2, -0.15) is 4.98 Å². The van der Waals surface area contributed by atoms with Gasteiger partial charge in [0.05, 0.1) is 12.7 Å². The molecule has 1 heterocycles. The summed E-state index contributed by atoms with van der Waals surface area (Å²) in [6.45, 7) is 8.18. The minimum absolute atomic E-state index is 0.323. The summed E-state index contributed by atoms with van der Waals surface area (Å²) in [7, 11) is 0. The Bertz CT molecular complexity index is 358. The van der Waals surface area contributed by atoms with Gasteiger partial charge in [-0.3, -0.25) is 0 Å². The summed E-state index contributed by atoms with van der Waals surface area (Å²) in [5.41, 5.74) is 0. The lowest BCUT2D eigenvalue weighted by Gasteiger charge is -2.10. The lowest BCUT2D eigenvalue weighted by molar-refractivity contribution is 0.192. The summed E-state index contributed by atoms with van der Waals surface area (Å²) >= 11 is 0. The quantitative estimate of drug-likeness (QED) is 0.588. The van der Waals surface area contributed by atoms with Crippen molar-refractivity contribution in [2.75, 3.05) is 31.6 Å². The molecule has 1 rings (SSSR count).